The van der Waals surface area contributed by atoms with Crippen LogP contribution in [0, 0.1) is 11.3 Å². The Hall–Kier alpha value is -2.96. The van der Waals surface area contributed by atoms with E-state index in [-0.39, 0.29) is 11.5 Å². The number of hydrogen-bond acceptors (Lipinski definition) is 7. The van der Waals surface area contributed by atoms with Crippen LogP contribution < -0.4 is 9.80 Å². The van der Waals surface area contributed by atoms with Crippen molar-refractivity contribution in [3.05, 3.63) is 36.2 Å². The summed E-state index contributed by atoms with van der Waals surface area (Å²) in [6.07, 6.45) is -0.637. The van der Waals surface area contributed by atoms with Gasteiger partial charge in [-0.25, -0.2) is 19.9 Å². The second kappa shape index (κ2) is 6.27. The maximum atomic E-state index is 12.7. The lowest BCUT2D eigenvalue weighted by Gasteiger charge is -2.36. The van der Waals surface area contributed by atoms with Gasteiger partial charge in [0, 0.05) is 44.6 Å². The summed E-state index contributed by atoms with van der Waals surface area (Å²) in [5.74, 6) is 0.718. The second-order valence-corrected chi connectivity index (χ2v) is 5.07. The van der Waals surface area contributed by atoms with E-state index in [0.29, 0.717) is 32.0 Å². The van der Waals surface area contributed by atoms with Crippen molar-refractivity contribution in [1.29, 1.82) is 5.26 Å². The van der Waals surface area contributed by atoms with Gasteiger partial charge in [-0.05, 0) is 0 Å². The van der Waals surface area contributed by atoms with Gasteiger partial charge in [-0.15, -0.1) is 0 Å². The van der Waals surface area contributed by atoms with Crippen LogP contribution in [0.15, 0.2) is 24.8 Å². The molecule has 0 N–H and O–H groups in total. The number of piperazine rings is 1. The zero-order valence-corrected chi connectivity index (χ0v) is 12.4. The number of nitrogens with zero attached hydrogens (tertiary/aromatic N) is 7. The topological polar surface area (TPSA) is 81.8 Å². The molecule has 3 heterocycles. The van der Waals surface area contributed by atoms with Crippen LogP contribution in [0.5, 0.6) is 0 Å². The summed E-state index contributed by atoms with van der Waals surface area (Å²) in [5, 5.41) is 9.07. The Morgan fingerprint density at radius 1 is 0.958 bits per heavy atom. The highest BCUT2D eigenvalue weighted by molar-refractivity contribution is 5.51. The maximum absolute atomic E-state index is 12.7. The van der Waals surface area contributed by atoms with Crippen molar-refractivity contribution in [3.63, 3.8) is 0 Å². The van der Waals surface area contributed by atoms with Gasteiger partial charge in [0.15, 0.2) is 11.5 Å². The molecule has 2 aromatic rings. The predicted molar refractivity (Wildman–Crippen MR) is 78.2 cm³/mol. The second-order valence-electron chi connectivity index (χ2n) is 5.07. The molecule has 1 fully saturated rings. The molecule has 7 nitrogen and oxygen atoms in total. The molecule has 1 aliphatic rings. The lowest BCUT2D eigenvalue weighted by Crippen LogP contribution is -2.47. The molecule has 0 aliphatic carbocycles. The van der Waals surface area contributed by atoms with Crippen LogP contribution in [0.1, 0.15) is 11.4 Å². The third-order valence-corrected chi connectivity index (χ3v) is 3.63. The van der Waals surface area contributed by atoms with Crippen molar-refractivity contribution < 1.29 is 13.2 Å². The summed E-state index contributed by atoms with van der Waals surface area (Å²) >= 11 is 0. The largest absolute Gasteiger partial charge is 0.433 e. The Morgan fingerprint density at radius 2 is 1.62 bits per heavy atom. The highest BCUT2D eigenvalue weighted by Crippen LogP contribution is 2.29. The van der Waals surface area contributed by atoms with Crippen molar-refractivity contribution in [2.45, 2.75) is 6.18 Å². The Balaban J connectivity index is 1.73. The van der Waals surface area contributed by atoms with Crippen molar-refractivity contribution in [2.75, 3.05) is 36.0 Å². The number of rotatable bonds is 2. The SMILES string of the molecule is N#Cc1nccnc1N1CCN(c2cc(C(F)(F)F)ncn2)CC1. The normalized spacial score (nSPS) is 15.2. The molecule has 0 unspecified atom stereocenters. The molecule has 0 spiro atoms. The third-order valence-electron chi connectivity index (χ3n) is 3.63. The van der Waals surface area contributed by atoms with E-state index in [2.05, 4.69) is 19.9 Å². The highest BCUT2D eigenvalue weighted by atomic mass is 19.4. The maximum Gasteiger partial charge on any atom is 0.433 e. The van der Waals surface area contributed by atoms with Crippen LogP contribution in [0.25, 0.3) is 0 Å². The molecule has 0 atom stereocenters. The molecule has 1 saturated heterocycles. The van der Waals surface area contributed by atoms with Crippen LogP contribution in [-0.2, 0) is 6.18 Å². The first-order valence-electron chi connectivity index (χ1n) is 7.09. The fourth-order valence-electron chi connectivity index (χ4n) is 2.46. The molecule has 10 heteroatoms. The monoisotopic (exact) mass is 335 g/mol. The summed E-state index contributed by atoms with van der Waals surface area (Å²) in [7, 11) is 0. The first-order chi connectivity index (χ1) is 11.5. The minimum atomic E-state index is -4.50. The van der Waals surface area contributed by atoms with Crippen LogP contribution in [0.4, 0.5) is 24.8 Å². The molecule has 0 amide bonds. The van der Waals surface area contributed by atoms with Gasteiger partial charge < -0.3 is 9.80 Å². The standard InChI is InChI=1S/C14H12F3N7/c15-14(16,17)11-7-12(22-9-21-11)23-3-5-24(6-4-23)13-10(8-18)19-1-2-20-13/h1-2,7,9H,3-6H2. The molecular formula is C14H12F3N7. The minimum Gasteiger partial charge on any atom is -0.353 e. The zero-order valence-electron chi connectivity index (χ0n) is 12.4. The summed E-state index contributed by atoms with van der Waals surface area (Å²) in [4.78, 5) is 18.9. The van der Waals surface area contributed by atoms with Crippen LogP contribution in [-0.4, -0.2) is 46.1 Å². The van der Waals surface area contributed by atoms with Crippen LogP contribution in [0.2, 0.25) is 0 Å². The molecular weight excluding hydrogens is 323 g/mol. The third kappa shape index (κ3) is 3.19. The van der Waals surface area contributed by atoms with E-state index in [9.17, 15) is 13.2 Å². The average molecular weight is 335 g/mol. The summed E-state index contributed by atoms with van der Waals surface area (Å²) < 4.78 is 38.2. The Labute approximate surface area is 135 Å². The number of hydrogen-bond donors (Lipinski definition) is 0. The van der Waals surface area contributed by atoms with Crippen LogP contribution in [0.3, 0.4) is 0 Å². The van der Waals surface area contributed by atoms with Gasteiger partial charge in [-0.2, -0.15) is 18.4 Å². The fourth-order valence-corrected chi connectivity index (χ4v) is 2.46. The van der Waals surface area contributed by atoms with Crippen molar-refractivity contribution >= 4 is 11.6 Å². The zero-order chi connectivity index (χ0) is 17.2. The Bertz CT molecular complexity index is 763. The van der Waals surface area contributed by atoms with Gasteiger partial charge in [0.2, 0.25) is 0 Å². The smallest absolute Gasteiger partial charge is 0.353 e. The molecule has 0 saturated carbocycles. The first kappa shape index (κ1) is 15.9. The summed E-state index contributed by atoms with van der Waals surface area (Å²) in [6.45, 7) is 1.91. The molecule has 3 rings (SSSR count). The van der Waals surface area contributed by atoms with Crippen molar-refractivity contribution in [3.8, 4) is 6.07 Å². The highest BCUT2D eigenvalue weighted by Gasteiger charge is 2.33. The van der Waals surface area contributed by atoms with Crippen LogP contribution >= 0.6 is 0 Å². The first-order valence-corrected chi connectivity index (χ1v) is 7.09. The lowest BCUT2D eigenvalue weighted by atomic mass is 10.2. The lowest BCUT2D eigenvalue weighted by molar-refractivity contribution is -0.141. The molecule has 0 radical (unpaired) electrons. The van der Waals surface area contributed by atoms with E-state index < -0.39 is 11.9 Å². The van der Waals surface area contributed by atoms with Gasteiger partial charge in [0.1, 0.15) is 23.9 Å². The van der Waals surface area contributed by atoms with E-state index >= 15 is 0 Å². The Morgan fingerprint density at radius 3 is 2.29 bits per heavy atom. The van der Waals surface area contributed by atoms with E-state index in [1.54, 1.807) is 4.90 Å². The summed E-state index contributed by atoms with van der Waals surface area (Å²) in [5.41, 5.74) is -0.733. The van der Waals surface area contributed by atoms with Gasteiger partial charge in [0.05, 0.1) is 0 Å². The quantitative estimate of drug-likeness (QED) is 0.822. The number of alkyl halides is 3. The van der Waals surface area contributed by atoms with Gasteiger partial charge in [-0.1, -0.05) is 0 Å². The number of halogens is 3. The van der Waals surface area contributed by atoms with Gasteiger partial charge >= 0.3 is 6.18 Å². The molecule has 124 valence electrons. The molecule has 2 aromatic heterocycles. The fraction of sp³-hybridized carbons (Fsp3) is 0.357. The van der Waals surface area contributed by atoms with Crippen molar-refractivity contribution in [2.24, 2.45) is 0 Å². The van der Waals surface area contributed by atoms with E-state index in [1.165, 1.54) is 12.4 Å². The molecule has 0 bridgehead atoms. The number of aromatic nitrogens is 4. The van der Waals surface area contributed by atoms with E-state index in [4.69, 9.17) is 5.26 Å². The number of anilines is 2. The molecule has 0 aromatic carbocycles. The van der Waals surface area contributed by atoms with E-state index in [0.717, 1.165) is 12.4 Å². The minimum absolute atomic E-state index is 0.229. The predicted octanol–water partition coefficient (Wildman–Crippen LogP) is 1.48. The van der Waals surface area contributed by atoms with Gasteiger partial charge in [0.25, 0.3) is 0 Å². The molecule has 24 heavy (non-hydrogen) atoms. The van der Waals surface area contributed by atoms with Gasteiger partial charge in [-0.3, -0.25) is 0 Å². The Kier molecular flexibility index (Phi) is 4.16. The van der Waals surface area contributed by atoms with E-state index in [1.807, 2.05) is 11.0 Å². The summed E-state index contributed by atoms with van der Waals surface area (Å²) in [6, 6.07) is 2.93. The number of nitriles is 1. The molecule has 1 aliphatic heterocycles. The average Bonchev–Trinajstić information content (AvgIpc) is 2.61. The van der Waals surface area contributed by atoms with Crippen molar-refractivity contribution in [1.82, 2.24) is 19.9 Å².